The topological polar surface area (TPSA) is 26.0 Å². The zero-order valence-corrected chi connectivity index (χ0v) is 13.0. The van der Waals surface area contributed by atoms with Crippen molar-refractivity contribution in [1.29, 1.82) is 0 Å². The minimum Gasteiger partial charge on any atom is -0.329 e. The molecule has 3 rings (SSSR count). The molecule has 0 aliphatic rings. The van der Waals surface area contributed by atoms with Crippen molar-refractivity contribution in [2.45, 2.75) is 5.41 Å². The highest BCUT2D eigenvalue weighted by atomic mass is 35.5. The maximum atomic E-state index is 6.53. The van der Waals surface area contributed by atoms with Crippen molar-refractivity contribution in [3.63, 3.8) is 0 Å². The third-order valence-corrected chi connectivity index (χ3v) is 4.50. The molecule has 0 atom stereocenters. The molecule has 2 N–H and O–H groups in total. The molecule has 0 aliphatic carbocycles. The van der Waals surface area contributed by atoms with Crippen molar-refractivity contribution in [3.8, 4) is 0 Å². The van der Waals surface area contributed by atoms with Crippen LogP contribution in [0.4, 0.5) is 0 Å². The van der Waals surface area contributed by atoms with Crippen LogP contribution in [-0.2, 0) is 5.41 Å². The average molecular weight is 308 g/mol. The van der Waals surface area contributed by atoms with Gasteiger partial charge >= 0.3 is 0 Å². The first-order chi connectivity index (χ1) is 10.8. The summed E-state index contributed by atoms with van der Waals surface area (Å²) in [6.45, 7) is 0.449. The fraction of sp³-hybridized carbons (Fsp3) is 0.100. The van der Waals surface area contributed by atoms with Gasteiger partial charge in [-0.3, -0.25) is 0 Å². The summed E-state index contributed by atoms with van der Waals surface area (Å²) in [5.74, 6) is 0. The number of nitrogens with two attached hydrogens (primary N) is 1. The van der Waals surface area contributed by atoms with Crippen LogP contribution in [0.1, 0.15) is 16.7 Å². The maximum Gasteiger partial charge on any atom is 0.0587 e. The Kier molecular flexibility index (Phi) is 4.28. The third-order valence-electron chi connectivity index (χ3n) is 4.17. The SMILES string of the molecule is NCC(c1ccccc1)(c1ccccc1)c1ccccc1Cl. The van der Waals surface area contributed by atoms with E-state index in [0.717, 1.165) is 21.7 Å². The van der Waals surface area contributed by atoms with E-state index < -0.39 is 5.41 Å². The van der Waals surface area contributed by atoms with Crippen LogP contribution < -0.4 is 5.73 Å². The van der Waals surface area contributed by atoms with Gasteiger partial charge in [0.15, 0.2) is 0 Å². The van der Waals surface area contributed by atoms with E-state index in [-0.39, 0.29) is 0 Å². The molecule has 0 bridgehead atoms. The van der Waals surface area contributed by atoms with Gasteiger partial charge in [0.05, 0.1) is 5.41 Å². The normalized spacial score (nSPS) is 11.4. The lowest BCUT2D eigenvalue weighted by Crippen LogP contribution is -2.38. The van der Waals surface area contributed by atoms with E-state index in [1.807, 2.05) is 54.6 Å². The van der Waals surface area contributed by atoms with Crippen LogP contribution in [0.2, 0.25) is 5.02 Å². The summed E-state index contributed by atoms with van der Waals surface area (Å²) < 4.78 is 0. The minimum absolute atomic E-state index is 0.444. The zero-order chi connectivity index (χ0) is 15.4. The second-order valence-electron chi connectivity index (χ2n) is 5.32. The summed E-state index contributed by atoms with van der Waals surface area (Å²) in [7, 11) is 0. The first kappa shape index (κ1) is 14.8. The highest BCUT2D eigenvalue weighted by molar-refractivity contribution is 6.31. The number of hydrogen-bond acceptors (Lipinski definition) is 1. The van der Waals surface area contributed by atoms with E-state index in [1.54, 1.807) is 0 Å². The summed E-state index contributed by atoms with van der Waals surface area (Å²) >= 11 is 6.53. The molecule has 0 amide bonds. The monoisotopic (exact) mass is 307 g/mol. The molecule has 0 fully saturated rings. The van der Waals surface area contributed by atoms with Crippen LogP contribution >= 0.6 is 11.6 Å². The van der Waals surface area contributed by atoms with E-state index in [1.165, 1.54) is 0 Å². The van der Waals surface area contributed by atoms with Crippen molar-refractivity contribution < 1.29 is 0 Å². The van der Waals surface area contributed by atoms with Crippen LogP contribution in [-0.4, -0.2) is 6.54 Å². The molecule has 0 aromatic heterocycles. The summed E-state index contributed by atoms with van der Waals surface area (Å²) in [5, 5.41) is 0.737. The third kappa shape index (κ3) is 2.43. The van der Waals surface area contributed by atoms with Crippen molar-refractivity contribution in [2.75, 3.05) is 6.54 Å². The van der Waals surface area contributed by atoms with Crippen LogP contribution in [0.3, 0.4) is 0 Å². The van der Waals surface area contributed by atoms with Crippen LogP contribution in [0.25, 0.3) is 0 Å². The lowest BCUT2D eigenvalue weighted by atomic mass is 9.69. The lowest BCUT2D eigenvalue weighted by Gasteiger charge is -2.35. The fourth-order valence-corrected chi connectivity index (χ4v) is 3.37. The van der Waals surface area contributed by atoms with Gasteiger partial charge in [0.25, 0.3) is 0 Å². The zero-order valence-electron chi connectivity index (χ0n) is 12.2. The highest BCUT2D eigenvalue weighted by Gasteiger charge is 2.36. The molecule has 0 saturated heterocycles. The highest BCUT2D eigenvalue weighted by Crippen LogP contribution is 2.41. The summed E-state index contributed by atoms with van der Waals surface area (Å²) in [6, 6.07) is 28.6. The van der Waals surface area contributed by atoms with Crippen molar-refractivity contribution in [1.82, 2.24) is 0 Å². The lowest BCUT2D eigenvalue weighted by molar-refractivity contribution is 0.629. The van der Waals surface area contributed by atoms with Gasteiger partial charge in [-0.05, 0) is 22.8 Å². The molecule has 0 radical (unpaired) electrons. The Labute approximate surface area is 136 Å². The number of hydrogen-bond donors (Lipinski definition) is 1. The quantitative estimate of drug-likeness (QED) is 0.699. The maximum absolute atomic E-state index is 6.53. The van der Waals surface area contributed by atoms with E-state index in [4.69, 9.17) is 17.3 Å². The van der Waals surface area contributed by atoms with Gasteiger partial charge < -0.3 is 5.73 Å². The first-order valence-corrected chi connectivity index (χ1v) is 7.73. The predicted molar refractivity (Wildman–Crippen MR) is 93.3 cm³/mol. The van der Waals surface area contributed by atoms with Crippen molar-refractivity contribution in [2.24, 2.45) is 5.73 Å². The van der Waals surface area contributed by atoms with Gasteiger partial charge in [0, 0.05) is 11.6 Å². The summed E-state index contributed by atoms with van der Waals surface area (Å²) in [4.78, 5) is 0. The molecular formula is C20H18ClN. The molecule has 110 valence electrons. The number of rotatable bonds is 4. The Bertz CT molecular complexity index is 698. The molecular weight excluding hydrogens is 290 g/mol. The Balaban J connectivity index is 2.34. The molecule has 3 aromatic carbocycles. The van der Waals surface area contributed by atoms with Gasteiger partial charge in [0.1, 0.15) is 0 Å². The van der Waals surface area contributed by atoms with Gasteiger partial charge in [-0.2, -0.15) is 0 Å². The van der Waals surface area contributed by atoms with Crippen molar-refractivity contribution >= 4 is 11.6 Å². The second-order valence-corrected chi connectivity index (χ2v) is 5.73. The molecule has 0 heterocycles. The molecule has 0 aliphatic heterocycles. The van der Waals surface area contributed by atoms with E-state index in [0.29, 0.717) is 6.54 Å². The molecule has 2 heteroatoms. The fourth-order valence-electron chi connectivity index (χ4n) is 3.08. The average Bonchev–Trinajstić information content (AvgIpc) is 2.59. The largest absolute Gasteiger partial charge is 0.329 e. The minimum atomic E-state index is -0.444. The predicted octanol–water partition coefficient (Wildman–Crippen LogP) is 4.63. The van der Waals surface area contributed by atoms with Gasteiger partial charge in [-0.1, -0.05) is 90.5 Å². The Morgan fingerprint density at radius 1 is 0.682 bits per heavy atom. The molecule has 0 saturated carbocycles. The van der Waals surface area contributed by atoms with Crippen LogP contribution in [0.15, 0.2) is 84.9 Å². The molecule has 3 aromatic rings. The summed E-state index contributed by atoms with van der Waals surface area (Å²) in [5.41, 5.74) is 9.21. The van der Waals surface area contributed by atoms with Crippen molar-refractivity contribution in [3.05, 3.63) is 107 Å². The van der Waals surface area contributed by atoms with E-state index in [9.17, 15) is 0 Å². The van der Waals surface area contributed by atoms with E-state index in [2.05, 4.69) is 30.3 Å². The Morgan fingerprint density at radius 3 is 1.59 bits per heavy atom. The van der Waals surface area contributed by atoms with Gasteiger partial charge in [0.2, 0.25) is 0 Å². The van der Waals surface area contributed by atoms with Crippen LogP contribution in [0, 0.1) is 0 Å². The van der Waals surface area contributed by atoms with Gasteiger partial charge in [-0.15, -0.1) is 0 Å². The summed E-state index contributed by atoms with van der Waals surface area (Å²) in [6.07, 6.45) is 0. The number of halogens is 1. The standard InChI is InChI=1S/C20H18ClN/c21-19-14-8-7-13-18(19)20(15-22,16-9-3-1-4-10-16)17-11-5-2-6-12-17/h1-14H,15,22H2. The Hall–Kier alpha value is -2.09. The second kappa shape index (κ2) is 6.35. The molecule has 0 unspecified atom stereocenters. The molecule has 0 spiro atoms. The Morgan fingerprint density at radius 2 is 1.14 bits per heavy atom. The van der Waals surface area contributed by atoms with E-state index >= 15 is 0 Å². The number of benzene rings is 3. The van der Waals surface area contributed by atoms with Crippen LogP contribution in [0.5, 0.6) is 0 Å². The molecule has 1 nitrogen and oxygen atoms in total. The molecule has 22 heavy (non-hydrogen) atoms. The van der Waals surface area contributed by atoms with Gasteiger partial charge in [-0.25, -0.2) is 0 Å². The smallest absolute Gasteiger partial charge is 0.0587 e. The first-order valence-electron chi connectivity index (χ1n) is 7.35.